The van der Waals surface area contributed by atoms with Gasteiger partial charge in [0.2, 0.25) is 0 Å². The van der Waals surface area contributed by atoms with Gasteiger partial charge >= 0.3 is 0 Å². The maximum Gasteiger partial charge on any atom is 0.168 e. The minimum atomic E-state index is -1.24. The van der Waals surface area contributed by atoms with Crippen LogP contribution in [0.4, 0.5) is 0 Å². The molecule has 0 aromatic heterocycles. The van der Waals surface area contributed by atoms with E-state index in [1.54, 1.807) is 25.3 Å². The molecule has 0 radical (unpaired) electrons. The van der Waals surface area contributed by atoms with Gasteiger partial charge in [0.25, 0.3) is 0 Å². The van der Waals surface area contributed by atoms with E-state index >= 15 is 0 Å². The molecule has 0 aliphatic carbocycles. The number of morpholine rings is 1. The van der Waals surface area contributed by atoms with E-state index in [-0.39, 0.29) is 0 Å². The van der Waals surface area contributed by atoms with Gasteiger partial charge in [-0.1, -0.05) is 12.1 Å². The van der Waals surface area contributed by atoms with Crippen molar-refractivity contribution in [3.63, 3.8) is 0 Å². The summed E-state index contributed by atoms with van der Waals surface area (Å²) in [5.41, 5.74) is 0.653. The Morgan fingerprint density at radius 2 is 2.18 bits per heavy atom. The molecule has 0 spiro atoms. The molecule has 6 nitrogen and oxygen atoms in total. The van der Waals surface area contributed by atoms with Crippen LogP contribution >= 0.6 is 0 Å². The molecule has 120 valence electrons. The quantitative estimate of drug-likeness (QED) is 0.638. The second-order valence-corrected chi connectivity index (χ2v) is 4.99. The van der Waals surface area contributed by atoms with Gasteiger partial charge < -0.3 is 29.0 Å². The van der Waals surface area contributed by atoms with Crippen LogP contribution in [0.3, 0.4) is 0 Å². The van der Waals surface area contributed by atoms with Gasteiger partial charge in [-0.15, -0.1) is 0 Å². The van der Waals surface area contributed by atoms with Crippen LogP contribution in [0.1, 0.15) is 5.56 Å². The predicted octanol–water partition coefficient (Wildman–Crippen LogP) is -1.25. The molecule has 22 heavy (non-hydrogen) atoms. The highest BCUT2D eigenvalue weighted by molar-refractivity contribution is 5.84. The smallest absolute Gasteiger partial charge is 0.168 e. The number of carbonyl (C=O) groups excluding carboxylic acids is 1. The summed E-state index contributed by atoms with van der Waals surface area (Å²) in [5, 5.41) is 10.6. The average molecular weight is 307 g/mol. The first-order valence-electron chi connectivity index (χ1n) is 7.31. The first kappa shape index (κ1) is 16.3. The minimum Gasteiger partial charge on any atom is -0.545 e. The molecule has 0 bridgehead atoms. The SMILES string of the molecule is COc1cccc(/C=C/C(=O)[O-])c1OCC[NH+]1CCOCC1. The highest BCUT2D eigenvalue weighted by atomic mass is 16.5. The third-order valence-electron chi connectivity index (χ3n) is 3.53. The Balaban J connectivity index is 2.01. The number of carbonyl (C=O) groups is 1. The molecular weight excluding hydrogens is 286 g/mol. The number of rotatable bonds is 7. The number of aliphatic carboxylic acids is 1. The zero-order valence-electron chi connectivity index (χ0n) is 12.7. The van der Waals surface area contributed by atoms with E-state index in [2.05, 4.69) is 0 Å². The van der Waals surface area contributed by atoms with Crippen LogP contribution in [-0.4, -0.2) is 52.5 Å². The van der Waals surface area contributed by atoms with Crippen molar-refractivity contribution in [1.82, 2.24) is 0 Å². The Morgan fingerprint density at radius 1 is 1.41 bits per heavy atom. The molecule has 1 heterocycles. The fraction of sp³-hybridized carbons (Fsp3) is 0.438. The molecule has 0 atom stereocenters. The number of carboxylic acid groups (broad SMARTS) is 1. The van der Waals surface area contributed by atoms with E-state index in [0.29, 0.717) is 23.7 Å². The maximum absolute atomic E-state index is 10.6. The molecule has 1 saturated heterocycles. The van der Waals surface area contributed by atoms with Crippen LogP contribution in [0.5, 0.6) is 11.5 Å². The summed E-state index contributed by atoms with van der Waals surface area (Å²) >= 11 is 0. The van der Waals surface area contributed by atoms with Gasteiger partial charge in [0.1, 0.15) is 26.2 Å². The van der Waals surface area contributed by atoms with Crippen LogP contribution in [0.2, 0.25) is 0 Å². The van der Waals surface area contributed by atoms with Crippen molar-refractivity contribution in [3.05, 3.63) is 29.8 Å². The summed E-state index contributed by atoms with van der Waals surface area (Å²) < 4.78 is 16.5. The number of benzene rings is 1. The van der Waals surface area contributed by atoms with Crippen molar-refractivity contribution >= 4 is 12.0 Å². The lowest BCUT2D eigenvalue weighted by molar-refractivity contribution is -0.908. The lowest BCUT2D eigenvalue weighted by Crippen LogP contribution is -3.14. The normalized spacial score (nSPS) is 15.9. The standard InChI is InChI=1S/C16H21NO5/c1-20-14-4-2-3-13(5-6-15(18)19)16(14)22-12-9-17-7-10-21-11-8-17/h2-6H,7-12H2,1H3,(H,18,19)/b6-5+. The lowest BCUT2D eigenvalue weighted by Gasteiger charge is -2.24. The third-order valence-corrected chi connectivity index (χ3v) is 3.53. The van der Waals surface area contributed by atoms with Crippen LogP contribution in [-0.2, 0) is 9.53 Å². The molecule has 1 aliphatic heterocycles. The first-order valence-corrected chi connectivity index (χ1v) is 7.31. The fourth-order valence-electron chi connectivity index (χ4n) is 2.34. The summed E-state index contributed by atoms with van der Waals surface area (Å²) in [6.45, 7) is 4.92. The maximum atomic E-state index is 10.6. The number of ether oxygens (including phenoxy) is 3. The van der Waals surface area contributed by atoms with Crippen molar-refractivity contribution in [2.75, 3.05) is 46.6 Å². The van der Waals surface area contributed by atoms with Crippen molar-refractivity contribution in [3.8, 4) is 11.5 Å². The number of hydrogen-bond donors (Lipinski definition) is 1. The molecule has 1 fully saturated rings. The zero-order valence-corrected chi connectivity index (χ0v) is 12.7. The number of para-hydroxylation sites is 1. The van der Waals surface area contributed by atoms with Gasteiger partial charge in [0.05, 0.1) is 26.3 Å². The summed E-state index contributed by atoms with van der Waals surface area (Å²) in [6, 6.07) is 5.35. The van der Waals surface area contributed by atoms with E-state index < -0.39 is 5.97 Å². The molecule has 6 heteroatoms. The molecule has 1 aromatic carbocycles. The third kappa shape index (κ3) is 4.75. The summed E-state index contributed by atoms with van der Waals surface area (Å²) in [5.74, 6) is -0.112. The molecule has 0 amide bonds. The van der Waals surface area contributed by atoms with Crippen LogP contribution in [0.15, 0.2) is 24.3 Å². The molecule has 1 aromatic rings. The van der Waals surface area contributed by atoms with Gasteiger partial charge in [-0.25, -0.2) is 0 Å². The van der Waals surface area contributed by atoms with Gasteiger partial charge in [0.15, 0.2) is 11.5 Å². The molecule has 1 N–H and O–H groups in total. The zero-order chi connectivity index (χ0) is 15.8. The minimum absolute atomic E-state index is 0.530. The topological polar surface area (TPSA) is 72.3 Å². The highest BCUT2D eigenvalue weighted by Gasteiger charge is 2.15. The van der Waals surface area contributed by atoms with E-state index in [0.717, 1.165) is 38.9 Å². The Labute approximate surface area is 129 Å². The molecule has 0 unspecified atom stereocenters. The number of nitrogens with one attached hydrogen (secondary N) is 1. The van der Waals surface area contributed by atoms with Crippen LogP contribution in [0.25, 0.3) is 6.08 Å². The Bertz CT molecular complexity index is 523. The van der Waals surface area contributed by atoms with Crippen molar-refractivity contribution < 1.29 is 29.0 Å². The van der Waals surface area contributed by atoms with E-state index in [4.69, 9.17) is 14.2 Å². The summed E-state index contributed by atoms with van der Waals surface area (Å²) in [7, 11) is 1.56. The number of methoxy groups -OCH3 is 1. The second-order valence-electron chi connectivity index (χ2n) is 4.99. The summed E-state index contributed by atoms with van der Waals surface area (Å²) in [4.78, 5) is 12.0. The summed E-state index contributed by atoms with van der Waals surface area (Å²) in [6.07, 6.45) is 2.43. The molecule has 2 rings (SSSR count). The number of carboxylic acids is 1. The van der Waals surface area contributed by atoms with Gasteiger partial charge in [0, 0.05) is 5.56 Å². The second kappa shape index (κ2) is 8.41. The van der Waals surface area contributed by atoms with Crippen molar-refractivity contribution in [1.29, 1.82) is 0 Å². The highest BCUT2D eigenvalue weighted by Crippen LogP contribution is 2.31. The molecule has 1 aliphatic rings. The monoisotopic (exact) mass is 307 g/mol. The van der Waals surface area contributed by atoms with E-state index in [1.165, 1.54) is 11.0 Å². The predicted molar refractivity (Wildman–Crippen MR) is 78.9 cm³/mol. The Kier molecular flexibility index (Phi) is 6.24. The number of quaternary nitrogens is 1. The van der Waals surface area contributed by atoms with E-state index in [9.17, 15) is 9.90 Å². The van der Waals surface area contributed by atoms with Crippen molar-refractivity contribution in [2.45, 2.75) is 0 Å². The Hall–Kier alpha value is -2.05. The van der Waals surface area contributed by atoms with E-state index in [1.807, 2.05) is 0 Å². The first-order chi connectivity index (χ1) is 10.7. The van der Waals surface area contributed by atoms with Gasteiger partial charge in [-0.05, 0) is 18.2 Å². The van der Waals surface area contributed by atoms with Crippen molar-refractivity contribution in [2.24, 2.45) is 0 Å². The van der Waals surface area contributed by atoms with Gasteiger partial charge in [-0.2, -0.15) is 0 Å². The van der Waals surface area contributed by atoms with Crippen LogP contribution in [0, 0.1) is 0 Å². The Morgan fingerprint density at radius 3 is 2.86 bits per heavy atom. The average Bonchev–Trinajstić information content (AvgIpc) is 2.54. The lowest BCUT2D eigenvalue weighted by atomic mass is 10.1. The molecule has 0 saturated carbocycles. The largest absolute Gasteiger partial charge is 0.545 e. The fourth-order valence-corrected chi connectivity index (χ4v) is 2.34. The number of hydrogen-bond acceptors (Lipinski definition) is 5. The van der Waals surface area contributed by atoms with Gasteiger partial charge in [-0.3, -0.25) is 0 Å². The molecular formula is C16H21NO5. The van der Waals surface area contributed by atoms with Crippen LogP contribution < -0.4 is 19.5 Å².